The molecule has 0 bridgehead atoms. The van der Waals surface area contributed by atoms with Gasteiger partial charge >= 0.3 is 5.97 Å². The normalized spacial score (nSPS) is 19.4. The Hall–Kier alpha value is -1.39. The van der Waals surface area contributed by atoms with Crippen molar-refractivity contribution in [2.45, 2.75) is 58.0 Å². The van der Waals surface area contributed by atoms with E-state index < -0.39 is 11.0 Å². The molecule has 0 radical (unpaired) electrons. The van der Waals surface area contributed by atoms with Crippen LogP contribution in [-0.2, 0) is 15.1 Å². The topological polar surface area (TPSA) is 49.8 Å². The van der Waals surface area contributed by atoms with Gasteiger partial charge in [-0.15, -0.1) is 0 Å². The van der Waals surface area contributed by atoms with Crippen LogP contribution >= 0.6 is 0 Å². The van der Waals surface area contributed by atoms with Crippen LogP contribution in [0.4, 0.5) is 0 Å². The standard InChI is InChI=1S/C21H33NO3/c1-4-22(5-2)17-16-21(24,18-12-8-6-9-13-18)20(19(23)25-3)14-10-7-11-15-20/h6,8-9,12-13,24H,4-5,7,10-11,14-17H2,1-3H3. The monoisotopic (exact) mass is 347 g/mol. The van der Waals surface area contributed by atoms with E-state index in [0.29, 0.717) is 19.3 Å². The van der Waals surface area contributed by atoms with Crippen molar-refractivity contribution in [3.05, 3.63) is 35.9 Å². The summed E-state index contributed by atoms with van der Waals surface area (Å²) in [5.41, 5.74) is -1.23. The molecule has 0 aromatic heterocycles. The minimum atomic E-state index is -1.20. The SMILES string of the molecule is CCN(CC)CCC(O)(c1ccccc1)C1(C(=O)OC)CCCCC1. The molecule has 25 heavy (non-hydrogen) atoms. The first-order valence-electron chi connectivity index (χ1n) is 9.62. The van der Waals surface area contributed by atoms with Crippen molar-refractivity contribution in [2.75, 3.05) is 26.7 Å². The Kier molecular flexibility index (Phi) is 7.03. The number of ether oxygens (including phenoxy) is 1. The maximum absolute atomic E-state index is 12.9. The van der Waals surface area contributed by atoms with E-state index in [0.717, 1.165) is 44.5 Å². The summed E-state index contributed by atoms with van der Waals surface area (Å²) in [5.74, 6) is -0.266. The van der Waals surface area contributed by atoms with Crippen LogP contribution in [-0.4, -0.2) is 42.7 Å². The number of nitrogens with zero attached hydrogens (tertiary/aromatic N) is 1. The van der Waals surface area contributed by atoms with Crippen LogP contribution in [0.15, 0.2) is 30.3 Å². The van der Waals surface area contributed by atoms with Crippen molar-refractivity contribution in [1.82, 2.24) is 4.90 Å². The van der Waals surface area contributed by atoms with Crippen LogP contribution in [0, 0.1) is 5.41 Å². The summed E-state index contributed by atoms with van der Waals surface area (Å²) in [6.07, 6.45) is 4.92. The highest BCUT2D eigenvalue weighted by molar-refractivity contribution is 5.79. The van der Waals surface area contributed by atoms with Crippen LogP contribution in [0.1, 0.15) is 57.9 Å². The predicted octanol–water partition coefficient (Wildman–Crippen LogP) is 3.73. The minimum absolute atomic E-state index is 0.266. The van der Waals surface area contributed by atoms with E-state index in [1.54, 1.807) is 0 Å². The zero-order valence-electron chi connectivity index (χ0n) is 16.0. The molecule has 1 aliphatic rings. The first kappa shape index (κ1) is 19.9. The van der Waals surface area contributed by atoms with E-state index >= 15 is 0 Å². The predicted molar refractivity (Wildman–Crippen MR) is 100 cm³/mol. The maximum atomic E-state index is 12.9. The Morgan fingerprint density at radius 2 is 1.76 bits per heavy atom. The fraction of sp³-hybridized carbons (Fsp3) is 0.667. The molecule has 0 spiro atoms. The van der Waals surface area contributed by atoms with Gasteiger partial charge in [-0.3, -0.25) is 4.79 Å². The molecule has 0 saturated heterocycles. The third kappa shape index (κ3) is 3.90. The molecule has 140 valence electrons. The van der Waals surface area contributed by atoms with Crippen molar-refractivity contribution < 1.29 is 14.6 Å². The third-order valence-corrected chi connectivity index (χ3v) is 6.01. The van der Waals surface area contributed by atoms with Crippen LogP contribution in [0.3, 0.4) is 0 Å². The largest absolute Gasteiger partial charge is 0.468 e. The van der Waals surface area contributed by atoms with Crippen molar-refractivity contribution in [3.63, 3.8) is 0 Å². The van der Waals surface area contributed by atoms with Gasteiger partial charge in [0.2, 0.25) is 0 Å². The molecule has 1 fully saturated rings. The van der Waals surface area contributed by atoms with Gasteiger partial charge in [-0.25, -0.2) is 0 Å². The van der Waals surface area contributed by atoms with Gasteiger partial charge < -0.3 is 14.7 Å². The van der Waals surface area contributed by atoms with Gasteiger partial charge in [0.25, 0.3) is 0 Å². The van der Waals surface area contributed by atoms with E-state index in [-0.39, 0.29) is 5.97 Å². The van der Waals surface area contributed by atoms with Gasteiger partial charge in [-0.2, -0.15) is 0 Å². The van der Waals surface area contributed by atoms with Crippen LogP contribution in [0.25, 0.3) is 0 Å². The zero-order valence-corrected chi connectivity index (χ0v) is 16.0. The van der Waals surface area contributed by atoms with Gasteiger partial charge in [-0.05, 0) is 37.9 Å². The van der Waals surface area contributed by atoms with Crippen LogP contribution in [0.2, 0.25) is 0 Å². The molecule has 0 amide bonds. The quantitative estimate of drug-likeness (QED) is 0.728. The third-order valence-electron chi connectivity index (χ3n) is 6.01. The van der Waals surface area contributed by atoms with Gasteiger partial charge in [0.1, 0.15) is 11.0 Å². The molecular formula is C21H33NO3. The lowest BCUT2D eigenvalue weighted by Crippen LogP contribution is -2.54. The van der Waals surface area contributed by atoms with Gasteiger partial charge in [0, 0.05) is 6.54 Å². The Labute approximate surface area is 152 Å². The molecule has 0 heterocycles. The molecule has 1 aromatic rings. The van der Waals surface area contributed by atoms with E-state index in [2.05, 4.69) is 18.7 Å². The fourth-order valence-corrected chi connectivity index (χ4v) is 4.37. The van der Waals surface area contributed by atoms with Crippen molar-refractivity contribution in [2.24, 2.45) is 5.41 Å². The molecule has 1 atom stereocenters. The van der Waals surface area contributed by atoms with E-state index in [1.807, 2.05) is 30.3 Å². The van der Waals surface area contributed by atoms with Gasteiger partial charge in [0.05, 0.1) is 7.11 Å². The summed E-state index contributed by atoms with van der Waals surface area (Å²) in [6, 6.07) is 9.71. The van der Waals surface area contributed by atoms with E-state index in [1.165, 1.54) is 7.11 Å². The van der Waals surface area contributed by atoms with E-state index in [4.69, 9.17) is 4.74 Å². The number of carbonyl (C=O) groups excluding carboxylic acids is 1. The second kappa shape index (κ2) is 8.81. The number of rotatable bonds is 8. The van der Waals surface area contributed by atoms with Gasteiger partial charge in [0.15, 0.2) is 0 Å². The van der Waals surface area contributed by atoms with E-state index in [9.17, 15) is 9.90 Å². The summed E-state index contributed by atoms with van der Waals surface area (Å²) in [5, 5.41) is 12.0. The average molecular weight is 347 g/mol. The molecular weight excluding hydrogens is 314 g/mol. The second-order valence-electron chi connectivity index (χ2n) is 7.14. The minimum Gasteiger partial charge on any atom is -0.468 e. The average Bonchev–Trinajstić information content (AvgIpc) is 2.69. The zero-order chi connectivity index (χ0) is 18.3. The van der Waals surface area contributed by atoms with Crippen molar-refractivity contribution >= 4 is 5.97 Å². The summed E-state index contributed by atoms with van der Waals surface area (Å²) in [6.45, 7) is 6.89. The number of benzene rings is 1. The molecule has 1 unspecified atom stereocenters. The lowest BCUT2D eigenvalue weighted by atomic mass is 9.59. The highest BCUT2D eigenvalue weighted by Crippen LogP contribution is 2.52. The number of hydrogen-bond donors (Lipinski definition) is 1. The summed E-state index contributed by atoms with van der Waals surface area (Å²) >= 11 is 0. The van der Waals surface area contributed by atoms with Crippen molar-refractivity contribution in [1.29, 1.82) is 0 Å². The number of aliphatic hydroxyl groups is 1. The molecule has 1 aliphatic carbocycles. The lowest BCUT2D eigenvalue weighted by molar-refractivity contribution is -0.183. The smallest absolute Gasteiger partial charge is 0.315 e. The Bertz CT molecular complexity index is 535. The summed E-state index contributed by atoms with van der Waals surface area (Å²) in [4.78, 5) is 15.2. The molecule has 1 saturated carbocycles. The Morgan fingerprint density at radius 1 is 1.16 bits per heavy atom. The number of hydrogen-bond acceptors (Lipinski definition) is 4. The Morgan fingerprint density at radius 3 is 2.28 bits per heavy atom. The number of carbonyl (C=O) groups is 1. The van der Waals surface area contributed by atoms with Crippen LogP contribution < -0.4 is 0 Å². The van der Waals surface area contributed by atoms with Gasteiger partial charge in [-0.1, -0.05) is 63.4 Å². The highest BCUT2D eigenvalue weighted by Gasteiger charge is 2.57. The Balaban J connectivity index is 2.46. The fourth-order valence-electron chi connectivity index (χ4n) is 4.37. The molecule has 0 aliphatic heterocycles. The first-order valence-corrected chi connectivity index (χ1v) is 9.62. The molecule has 1 aromatic carbocycles. The summed E-state index contributed by atoms with van der Waals surface area (Å²) < 4.78 is 5.21. The van der Waals surface area contributed by atoms with Crippen LogP contribution in [0.5, 0.6) is 0 Å². The highest BCUT2D eigenvalue weighted by atomic mass is 16.5. The maximum Gasteiger partial charge on any atom is 0.315 e. The first-order chi connectivity index (χ1) is 12.0. The molecule has 1 N–H and O–H groups in total. The van der Waals surface area contributed by atoms with Crippen molar-refractivity contribution in [3.8, 4) is 0 Å². The number of methoxy groups -OCH3 is 1. The molecule has 4 heteroatoms. The second-order valence-corrected chi connectivity index (χ2v) is 7.14. The molecule has 4 nitrogen and oxygen atoms in total. The lowest BCUT2D eigenvalue weighted by Gasteiger charge is -2.48. The summed E-state index contributed by atoms with van der Waals surface area (Å²) in [7, 11) is 1.44. The molecule has 2 rings (SSSR count). The number of esters is 1.